The fourth-order valence-electron chi connectivity index (χ4n) is 5.35. The lowest BCUT2D eigenvalue weighted by molar-refractivity contribution is -0.668. The molecule has 4 aliphatic heterocycles. The number of nitrogens with one attached hydrogen (secondary N) is 1. The summed E-state index contributed by atoms with van der Waals surface area (Å²) >= 11 is 0. The van der Waals surface area contributed by atoms with Gasteiger partial charge in [-0.05, 0) is 68.5 Å². The molecule has 4 aliphatic rings. The minimum Gasteiger partial charge on any atom is -0.346 e. The number of quaternary nitrogens is 1. The molecule has 1 aromatic rings. The molecule has 3 N–H and O–H groups in total. The quantitative estimate of drug-likeness (QED) is 0.602. The highest BCUT2D eigenvalue weighted by atomic mass is 16.2. The molecule has 164 valence electrons. The predicted octanol–water partition coefficient (Wildman–Crippen LogP) is 0.641. The molecule has 4 heterocycles. The average molecular weight is 424 g/mol. The molecule has 8 nitrogen and oxygen atoms in total. The van der Waals surface area contributed by atoms with E-state index in [0.717, 1.165) is 41.8 Å². The normalized spacial score (nSPS) is 19.4. The number of rotatable bonds is 3. The van der Waals surface area contributed by atoms with Gasteiger partial charge < -0.3 is 14.8 Å². The molecular weight excluding hydrogens is 392 g/mol. The molecule has 0 saturated carbocycles. The van der Waals surface area contributed by atoms with Gasteiger partial charge in [0.2, 0.25) is 0 Å². The number of aryl methyl sites for hydroxylation is 2. The number of nitrogens with zero attached hydrogens (tertiary/aromatic N) is 4. The van der Waals surface area contributed by atoms with Crippen molar-refractivity contribution >= 4 is 11.0 Å². The van der Waals surface area contributed by atoms with Gasteiger partial charge in [0.1, 0.15) is 0 Å². The second-order valence-electron chi connectivity index (χ2n) is 9.44. The van der Waals surface area contributed by atoms with E-state index >= 15 is 0 Å². The summed E-state index contributed by atoms with van der Waals surface area (Å²) in [5.41, 5.74) is 3.65. The number of hydrogen-bond donors (Lipinski definition) is 2. The van der Waals surface area contributed by atoms with E-state index in [0.29, 0.717) is 17.8 Å². The Morgan fingerprint density at radius 2 is 1.71 bits per heavy atom. The number of benzene rings is 1. The number of aromatic amines is 1. The average Bonchev–Trinajstić information content (AvgIpc) is 2.75. The molecule has 0 amide bonds. The first-order valence-corrected chi connectivity index (χ1v) is 11.4. The Kier molecular flexibility index (Phi) is 5.14. The smallest absolute Gasteiger partial charge is 0.346 e. The Morgan fingerprint density at radius 3 is 2.45 bits per heavy atom. The summed E-state index contributed by atoms with van der Waals surface area (Å²) in [6.07, 6.45) is 5.22. The van der Waals surface area contributed by atoms with Crippen molar-refractivity contribution in [2.45, 2.75) is 46.1 Å². The van der Waals surface area contributed by atoms with E-state index in [9.17, 15) is 9.59 Å². The van der Waals surface area contributed by atoms with Gasteiger partial charge in [0, 0.05) is 25.9 Å². The maximum Gasteiger partial charge on any atom is 0.349 e. The van der Waals surface area contributed by atoms with Gasteiger partial charge in [-0.2, -0.15) is 4.98 Å². The van der Waals surface area contributed by atoms with Crippen LogP contribution in [0.1, 0.15) is 36.8 Å². The van der Waals surface area contributed by atoms with E-state index in [1.165, 1.54) is 38.8 Å². The first kappa shape index (κ1) is 20.3. The van der Waals surface area contributed by atoms with Gasteiger partial charge >= 0.3 is 5.69 Å². The zero-order valence-corrected chi connectivity index (χ0v) is 18.4. The molecule has 0 bridgehead atoms. The number of H-pyrrole nitrogens is 1. The van der Waals surface area contributed by atoms with Gasteiger partial charge in [0.15, 0.2) is 11.5 Å². The number of nitrogens with two attached hydrogens (primary N) is 1. The third-order valence-electron chi connectivity index (χ3n) is 7.54. The van der Waals surface area contributed by atoms with E-state index in [4.69, 9.17) is 0 Å². The van der Waals surface area contributed by atoms with Crippen molar-refractivity contribution in [3.05, 3.63) is 44.1 Å². The third-order valence-corrected chi connectivity index (χ3v) is 7.54. The van der Waals surface area contributed by atoms with Crippen molar-refractivity contribution in [1.29, 1.82) is 0 Å². The van der Waals surface area contributed by atoms with Crippen molar-refractivity contribution in [2.24, 2.45) is 5.41 Å². The summed E-state index contributed by atoms with van der Waals surface area (Å²) in [6, 6.07) is 4.10. The van der Waals surface area contributed by atoms with Gasteiger partial charge in [-0.1, -0.05) is 0 Å². The Morgan fingerprint density at radius 1 is 1.00 bits per heavy atom. The Balaban J connectivity index is 1.46. The summed E-state index contributed by atoms with van der Waals surface area (Å²) in [7, 11) is 0. The molecule has 5 rings (SSSR count). The number of aromatic nitrogens is 4. The van der Waals surface area contributed by atoms with E-state index in [2.05, 4.69) is 38.2 Å². The molecule has 1 spiro atoms. The van der Waals surface area contributed by atoms with Gasteiger partial charge in [-0.15, -0.1) is 0 Å². The number of likely N-dealkylation sites (tertiary alicyclic amines) is 1. The van der Waals surface area contributed by atoms with Crippen molar-refractivity contribution in [3.8, 4) is 11.5 Å². The van der Waals surface area contributed by atoms with Gasteiger partial charge in [-0.25, -0.2) is 9.78 Å². The molecule has 0 radical (unpaired) electrons. The second kappa shape index (κ2) is 7.84. The minimum atomic E-state index is -0.620. The Hall–Kier alpha value is -2.58. The fourth-order valence-corrected chi connectivity index (χ4v) is 5.35. The van der Waals surface area contributed by atoms with Crippen LogP contribution in [-0.4, -0.2) is 57.1 Å². The van der Waals surface area contributed by atoms with Crippen LogP contribution in [0.3, 0.4) is 0 Å². The maximum absolute atomic E-state index is 12.4. The van der Waals surface area contributed by atoms with Gasteiger partial charge in [0.25, 0.3) is 5.56 Å². The molecule has 2 saturated heterocycles. The second-order valence-corrected chi connectivity index (χ2v) is 9.44. The monoisotopic (exact) mass is 423 g/mol. The molecule has 2 fully saturated rings. The standard InChI is InChI=1S/C23H30N6O2/c1-15-13-17-18(14-16(15)2)29(20-19(25-17)21(30)27-22(31)26-20)12-11-28-9-5-23(6-10-28)3-7-24-8-4-23/h13-14,24H,3-12H2,1-2H3,(H,27,30,31)/p+1. The zero-order chi connectivity index (χ0) is 21.6. The lowest BCUT2D eigenvalue weighted by Gasteiger charge is -2.43. The first-order valence-electron chi connectivity index (χ1n) is 11.4. The fraction of sp³-hybridized carbons (Fsp3) is 0.565. The topological polar surface area (TPSA) is 100 Å². The number of fused-ring (bicyclic) bond motifs is 2. The van der Waals surface area contributed by atoms with Crippen LogP contribution >= 0.6 is 0 Å². The van der Waals surface area contributed by atoms with E-state index in [1.807, 2.05) is 17.6 Å². The molecule has 31 heavy (non-hydrogen) atoms. The molecule has 1 aromatic carbocycles. The van der Waals surface area contributed by atoms with E-state index in [-0.39, 0.29) is 5.69 Å². The zero-order valence-electron chi connectivity index (χ0n) is 18.4. The summed E-state index contributed by atoms with van der Waals surface area (Å²) in [5.74, 6) is 0.376. The van der Waals surface area contributed by atoms with Crippen LogP contribution in [0.15, 0.2) is 21.7 Å². The Bertz CT molecular complexity index is 1200. The molecule has 8 heteroatoms. The lowest BCUT2D eigenvalue weighted by Crippen LogP contribution is -2.87. The minimum absolute atomic E-state index is 0.228. The van der Waals surface area contributed by atoms with Crippen molar-refractivity contribution in [2.75, 3.05) is 32.7 Å². The predicted molar refractivity (Wildman–Crippen MR) is 120 cm³/mol. The SMILES string of the molecule is Cc1cc2nc3c(=O)[nH]c(=O)nc-3n(CCN3CCC4(CC[NH2+]CC4)CC3)c2cc1C. The van der Waals surface area contributed by atoms with Crippen LogP contribution in [0.2, 0.25) is 0 Å². The van der Waals surface area contributed by atoms with Crippen molar-refractivity contribution < 1.29 is 5.32 Å². The Labute approximate surface area is 181 Å². The summed E-state index contributed by atoms with van der Waals surface area (Å²) in [4.78, 5) is 37.9. The van der Waals surface area contributed by atoms with Crippen LogP contribution in [0.25, 0.3) is 22.6 Å². The molecular formula is C23H31N6O2+. The highest BCUT2D eigenvalue weighted by molar-refractivity contribution is 5.81. The van der Waals surface area contributed by atoms with Crippen LogP contribution in [0, 0.1) is 19.3 Å². The van der Waals surface area contributed by atoms with Crippen LogP contribution in [-0.2, 0) is 6.54 Å². The number of hydrogen-bond acceptors (Lipinski definition) is 5. The first-order chi connectivity index (χ1) is 14.9. The highest BCUT2D eigenvalue weighted by Crippen LogP contribution is 2.38. The molecule has 0 aliphatic carbocycles. The van der Waals surface area contributed by atoms with E-state index < -0.39 is 11.2 Å². The summed E-state index contributed by atoms with van der Waals surface area (Å²) in [6.45, 7) is 10.4. The lowest BCUT2D eigenvalue weighted by atomic mass is 9.71. The summed E-state index contributed by atoms with van der Waals surface area (Å²) in [5, 5.41) is 2.44. The van der Waals surface area contributed by atoms with Gasteiger partial charge in [0.05, 0.1) is 24.1 Å². The van der Waals surface area contributed by atoms with Crippen LogP contribution in [0.4, 0.5) is 0 Å². The number of piperidine rings is 2. The van der Waals surface area contributed by atoms with Crippen molar-refractivity contribution in [3.63, 3.8) is 0 Å². The maximum atomic E-state index is 12.4. The summed E-state index contributed by atoms with van der Waals surface area (Å²) < 4.78 is 2.01. The molecule has 0 unspecified atom stereocenters. The highest BCUT2D eigenvalue weighted by Gasteiger charge is 2.36. The largest absolute Gasteiger partial charge is 0.349 e. The van der Waals surface area contributed by atoms with Crippen molar-refractivity contribution in [1.82, 2.24) is 24.4 Å². The molecule has 0 atom stereocenters. The third kappa shape index (κ3) is 3.78. The van der Waals surface area contributed by atoms with Crippen LogP contribution < -0.4 is 16.6 Å². The van der Waals surface area contributed by atoms with Crippen LogP contribution in [0.5, 0.6) is 0 Å². The van der Waals surface area contributed by atoms with E-state index in [1.54, 1.807) is 0 Å². The van der Waals surface area contributed by atoms with Gasteiger partial charge in [-0.3, -0.25) is 9.78 Å². The molecule has 0 aromatic heterocycles.